The Hall–Kier alpha value is -1.55. The number of ether oxygens (including phenoxy) is 1. The molecule has 104 valence electrons. The molecule has 0 saturated heterocycles. The third kappa shape index (κ3) is 4.56. The zero-order chi connectivity index (χ0) is 13.5. The normalized spacial score (nSPS) is 15.4. The van der Waals surface area contributed by atoms with E-state index in [0.29, 0.717) is 12.6 Å². The predicted molar refractivity (Wildman–Crippen MR) is 75.1 cm³/mol. The summed E-state index contributed by atoms with van der Waals surface area (Å²) in [5, 5.41) is 2.76. The highest BCUT2D eigenvalue weighted by Crippen LogP contribution is 2.24. The van der Waals surface area contributed by atoms with Crippen LogP contribution in [0.4, 0.5) is 0 Å². The third-order valence-corrected chi connectivity index (χ3v) is 3.45. The van der Waals surface area contributed by atoms with Crippen molar-refractivity contribution in [3.05, 3.63) is 29.8 Å². The summed E-state index contributed by atoms with van der Waals surface area (Å²) in [6.45, 7) is 0.674. The minimum atomic E-state index is -0.110. The van der Waals surface area contributed by atoms with Crippen LogP contribution in [0.1, 0.15) is 31.2 Å². The van der Waals surface area contributed by atoms with Crippen LogP contribution < -0.4 is 15.8 Å². The van der Waals surface area contributed by atoms with E-state index >= 15 is 0 Å². The summed E-state index contributed by atoms with van der Waals surface area (Å²) >= 11 is 0. The Balaban J connectivity index is 1.75. The molecule has 0 aliphatic heterocycles. The number of nitrogens with two attached hydrogens (primary N) is 1. The molecule has 4 heteroatoms. The first-order chi connectivity index (χ1) is 9.28. The van der Waals surface area contributed by atoms with E-state index in [-0.39, 0.29) is 12.5 Å². The second kappa shape index (κ2) is 7.14. The molecule has 1 fully saturated rings. The van der Waals surface area contributed by atoms with Gasteiger partial charge >= 0.3 is 0 Å². The first-order valence-corrected chi connectivity index (χ1v) is 7.00. The van der Waals surface area contributed by atoms with Crippen molar-refractivity contribution in [1.82, 2.24) is 5.32 Å². The topological polar surface area (TPSA) is 64.4 Å². The Morgan fingerprint density at radius 1 is 1.26 bits per heavy atom. The van der Waals surface area contributed by atoms with Crippen LogP contribution >= 0.6 is 0 Å². The fraction of sp³-hybridized carbons (Fsp3) is 0.533. The summed E-state index contributed by atoms with van der Waals surface area (Å²) in [7, 11) is 0. The van der Waals surface area contributed by atoms with Gasteiger partial charge in [-0.1, -0.05) is 12.1 Å². The third-order valence-electron chi connectivity index (χ3n) is 3.45. The van der Waals surface area contributed by atoms with Gasteiger partial charge in [-0.15, -0.1) is 0 Å². The van der Waals surface area contributed by atoms with Crippen molar-refractivity contribution in [2.24, 2.45) is 5.73 Å². The average molecular weight is 262 g/mol. The maximum Gasteiger partial charge on any atom is 0.233 e. The first kappa shape index (κ1) is 13.9. The lowest BCUT2D eigenvalue weighted by Crippen LogP contribution is -2.31. The molecule has 0 heterocycles. The highest BCUT2D eigenvalue weighted by Gasteiger charge is 2.16. The number of rotatable bonds is 6. The average Bonchev–Trinajstić information content (AvgIpc) is 2.93. The molecule has 0 atom stereocenters. The smallest absolute Gasteiger partial charge is 0.233 e. The molecular formula is C15H22N2O2. The highest BCUT2D eigenvalue weighted by atomic mass is 16.5. The summed E-state index contributed by atoms with van der Waals surface area (Å²) in [4.78, 5) is 11.0. The van der Waals surface area contributed by atoms with Gasteiger partial charge in [0.2, 0.25) is 5.91 Å². The molecule has 4 nitrogen and oxygen atoms in total. The monoisotopic (exact) mass is 262 g/mol. The van der Waals surface area contributed by atoms with E-state index in [9.17, 15) is 4.79 Å². The van der Waals surface area contributed by atoms with E-state index in [1.165, 1.54) is 31.2 Å². The molecule has 0 unspecified atom stereocenters. The van der Waals surface area contributed by atoms with Crippen LogP contribution in [0.5, 0.6) is 5.75 Å². The van der Waals surface area contributed by atoms with Gasteiger partial charge < -0.3 is 15.8 Å². The van der Waals surface area contributed by atoms with Crippen molar-refractivity contribution in [2.75, 3.05) is 13.1 Å². The molecule has 1 aliphatic rings. The molecule has 0 bridgehead atoms. The Kier molecular flexibility index (Phi) is 5.21. The summed E-state index contributed by atoms with van der Waals surface area (Å²) in [6.07, 6.45) is 6.12. The molecule has 1 aromatic rings. The highest BCUT2D eigenvalue weighted by molar-refractivity contribution is 5.77. The van der Waals surface area contributed by atoms with Crippen molar-refractivity contribution >= 4 is 5.91 Å². The number of hydrogen-bond acceptors (Lipinski definition) is 3. The van der Waals surface area contributed by atoms with Gasteiger partial charge in [-0.3, -0.25) is 4.79 Å². The quantitative estimate of drug-likeness (QED) is 0.819. The number of amides is 1. The van der Waals surface area contributed by atoms with Crippen LogP contribution in [0.25, 0.3) is 0 Å². The minimum Gasteiger partial charge on any atom is -0.490 e. The summed E-state index contributed by atoms with van der Waals surface area (Å²) in [5.41, 5.74) is 6.41. The number of benzene rings is 1. The first-order valence-electron chi connectivity index (χ1n) is 7.00. The van der Waals surface area contributed by atoms with Crippen LogP contribution in [-0.4, -0.2) is 25.1 Å². The van der Waals surface area contributed by atoms with E-state index in [1.54, 1.807) is 0 Å². The van der Waals surface area contributed by atoms with Gasteiger partial charge in [-0.05, 0) is 49.8 Å². The van der Waals surface area contributed by atoms with Crippen molar-refractivity contribution in [3.8, 4) is 5.75 Å². The van der Waals surface area contributed by atoms with Crippen LogP contribution in [0.3, 0.4) is 0 Å². The van der Waals surface area contributed by atoms with Gasteiger partial charge in [-0.25, -0.2) is 0 Å². The molecule has 1 aliphatic carbocycles. The number of hydrogen-bond donors (Lipinski definition) is 2. The van der Waals surface area contributed by atoms with Gasteiger partial charge in [0, 0.05) is 6.54 Å². The lowest BCUT2D eigenvalue weighted by Gasteiger charge is -2.13. The molecule has 1 amide bonds. The number of carbonyl (C=O) groups excluding carboxylic acids is 1. The maximum absolute atomic E-state index is 11.0. The standard InChI is InChI=1S/C15H22N2O2/c16-11-15(18)17-10-9-12-5-7-14(8-6-12)19-13-3-1-2-4-13/h5-8,13H,1-4,9-11,16H2,(H,17,18). The number of carbonyl (C=O) groups is 1. The van der Waals surface area contributed by atoms with Crippen molar-refractivity contribution in [2.45, 2.75) is 38.2 Å². The minimum absolute atomic E-state index is 0.0498. The van der Waals surface area contributed by atoms with Crippen LogP contribution in [0, 0.1) is 0 Å². The molecule has 1 saturated carbocycles. The summed E-state index contributed by atoms with van der Waals surface area (Å²) < 4.78 is 5.90. The van der Waals surface area contributed by atoms with Gasteiger partial charge in [0.05, 0.1) is 12.6 Å². The molecule has 2 rings (SSSR count). The van der Waals surface area contributed by atoms with Crippen LogP contribution in [-0.2, 0) is 11.2 Å². The lowest BCUT2D eigenvalue weighted by atomic mass is 10.1. The maximum atomic E-state index is 11.0. The largest absolute Gasteiger partial charge is 0.490 e. The van der Waals surface area contributed by atoms with Gasteiger partial charge in [-0.2, -0.15) is 0 Å². The SMILES string of the molecule is NCC(=O)NCCc1ccc(OC2CCCC2)cc1. The molecule has 3 N–H and O–H groups in total. The summed E-state index contributed by atoms with van der Waals surface area (Å²) in [6, 6.07) is 8.13. The fourth-order valence-corrected chi connectivity index (χ4v) is 2.35. The van der Waals surface area contributed by atoms with E-state index in [2.05, 4.69) is 17.4 Å². The number of nitrogens with one attached hydrogen (secondary N) is 1. The lowest BCUT2D eigenvalue weighted by molar-refractivity contribution is -0.119. The predicted octanol–water partition coefficient (Wildman–Crippen LogP) is 1.63. The Morgan fingerprint density at radius 3 is 2.58 bits per heavy atom. The van der Waals surface area contributed by atoms with Gasteiger partial charge in [0.25, 0.3) is 0 Å². The summed E-state index contributed by atoms with van der Waals surface area (Å²) in [5.74, 6) is 0.836. The van der Waals surface area contributed by atoms with Crippen LogP contribution in [0.2, 0.25) is 0 Å². The molecule has 0 radical (unpaired) electrons. The second-order valence-electron chi connectivity index (χ2n) is 4.97. The van der Waals surface area contributed by atoms with Crippen molar-refractivity contribution in [3.63, 3.8) is 0 Å². The zero-order valence-electron chi connectivity index (χ0n) is 11.2. The van der Waals surface area contributed by atoms with E-state index in [4.69, 9.17) is 10.5 Å². The molecule has 1 aromatic carbocycles. The molecule has 19 heavy (non-hydrogen) atoms. The fourth-order valence-electron chi connectivity index (χ4n) is 2.35. The Morgan fingerprint density at radius 2 is 1.95 bits per heavy atom. The van der Waals surface area contributed by atoms with Crippen LogP contribution in [0.15, 0.2) is 24.3 Å². The van der Waals surface area contributed by atoms with E-state index < -0.39 is 0 Å². The Bertz CT molecular complexity index is 397. The van der Waals surface area contributed by atoms with Crippen molar-refractivity contribution < 1.29 is 9.53 Å². The zero-order valence-corrected chi connectivity index (χ0v) is 11.2. The second-order valence-corrected chi connectivity index (χ2v) is 4.97. The van der Waals surface area contributed by atoms with Crippen molar-refractivity contribution in [1.29, 1.82) is 0 Å². The van der Waals surface area contributed by atoms with E-state index in [1.807, 2.05) is 12.1 Å². The molecule has 0 aromatic heterocycles. The molecule has 0 spiro atoms. The molecular weight excluding hydrogens is 240 g/mol. The Labute approximate surface area is 114 Å². The van der Waals surface area contributed by atoms with Gasteiger partial charge in [0.15, 0.2) is 0 Å². The van der Waals surface area contributed by atoms with Gasteiger partial charge in [0.1, 0.15) is 5.75 Å². The van der Waals surface area contributed by atoms with E-state index in [0.717, 1.165) is 12.2 Å².